The van der Waals surface area contributed by atoms with Gasteiger partial charge in [0.25, 0.3) is 0 Å². The van der Waals surface area contributed by atoms with Crippen LogP contribution in [0.4, 0.5) is 4.39 Å². The molecular weight excluding hydrogens is 337 g/mol. The summed E-state index contributed by atoms with van der Waals surface area (Å²) in [5.74, 6) is 0.111. The molecule has 4 rings (SSSR count). The second kappa shape index (κ2) is 6.47. The molecule has 142 valence electrons. The Labute approximate surface area is 161 Å². The van der Waals surface area contributed by atoms with E-state index < -0.39 is 0 Å². The summed E-state index contributed by atoms with van der Waals surface area (Å²) in [6, 6.07) is 13.2. The highest BCUT2D eigenvalue weighted by Gasteiger charge is 2.36. The maximum Gasteiger partial charge on any atom is 0.227 e. The van der Waals surface area contributed by atoms with Crippen molar-refractivity contribution in [1.29, 1.82) is 0 Å². The molecule has 3 heteroatoms. The molecule has 1 saturated heterocycles. The summed E-state index contributed by atoms with van der Waals surface area (Å²) in [4.78, 5) is 14.7. The van der Waals surface area contributed by atoms with Gasteiger partial charge in [-0.05, 0) is 48.1 Å². The fourth-order valence-electron chi connectivity index (χ4n) is 4.90. The molecule has 2 atom stereocenters. The van der Waals surface area contributed by atoms with Gasteiger partial charge in [0, 0.05) is 23.9 Å². The highest BCUT2D eigenvalue weighted by atomic mass is 19.1. The van der Waals surface area contributed by atoms with Crippen LogP contribution >= 0.6 is 0 Å². The second-order valence-electron chi connectivity index (χ2n) is 8.88. The standard InChI is InChI=1S/C24H28FNO/c1-15-5-7-19-20-11-17(6-8-21(20)24(3,4)22(19)9-15)12-23(27)26-14-18(13-25)10-16(26)2/h5-9,11,16,18H,10,12-14H2,1-4H3. The Morgan fingerprint density at radius 3 is 2.63 bits per heavy atom. The zero-order valence-electron chi connectivity index (χ0n) is 16.7. The third kappa shape index (κ3) is 2.97. The van der Waals surface area contributed by atoms with Gasteiger partial charge in [-0.15, -0.1) is 0 Å². The Hall–Kier alpha value is -2.16. The SMILES string of the molecule is Cc1ccc2c(c1)C(C)(C)c1ccc(CC(=O)N3CC(CF)CC3C)cc1-2. The maximum atomic E-state index is 13.0. The monoisotopic (exact) mass is 365 g/mol. The van der Waals surface area contributed by atoms with Crippen LogP contribution in [0.25, 0.3) is 11.1 Å². The first-order valence-corrected chi connectivity index (χ1v) is 9.91. The zero-order valence-corrected chi connectivity index (χ0v) is 16.7. The molecule has 2 aromatic rings. The van der Waals surface area contributed by atoms with Gasteiger partial charge in [0.15, 0.2) is 0 Å². The van der Waals surface area contributed by atoms with E-state index in [0.29, 0.717) is 13.0 Å². The van der Waals surface area contributed by atoms with Gasteiger partial charge in [-0.3, -0.25) is 9.18 Å². The lowest BCUT2D eigenvalue weighted by molar-refractivity contribution is -0.131. The number of likely N-dealkylation sites (tertiary alicyclic amines) is 1. The highest BCUT2D eigenvalue weighted by molar-refractivity contribution is 5.84. The first kappa shape index (κ1) is 18.2. The molecule has 1 fully saturated rings. The summed E-state index contributed by atoms with van der Waals surface area (Å²) in [6.45, 7) is 8.91. The second-order valence-corrected chi connectivity index (χ2v) is 8.88. The van der Waals surface area contributed by atoms with Crippen LogP contribution in [0, 0.1) is 12.8 Å². The lowest BCUT2D eigenvalue weighted by Crippen LogP contribution is -2.35. The lowest BCUT2D eigenvalue weighted by Gasteiger charge is -2.23. The molecule has 0 saturated carbocycles. The van der Waals surface area contributed by atoms with Gasteiger partial charge in [-0.1, -0.05) is 55.8 Å². The van der Waals surface area contributed by atoms with Crippen molar-refractivity contribution in [2.45, 2.75) is 52.0 Å². The topological polar surface area (TPSA) is 20.3 Å². The number of amides is 1. The number of nitrogens with zero attached hydrogens (tertiary/aromatic N) is 1. The van der Waals surface area contributed by atoms with Crippen molar-refractivity contribution >= 4 is 5.91 Å². The van der Waals surface area contributed by atoms with Crippen LogP contribution in [0.1, 0.15) is 49.4 Å². The van der Waals surface area contributed by atoms with E-state index in [9.17, 15) is 9.18 Å². The van der Waals surface area contributed by atoms with Crippen molar-refractivity contribution < 1.29 is 9.18 Å². The van der Waals surface area contributed by atoms with Crippen LogP contribution in [-0.4, -0.2) is 30.1 Å². The summed E-state index contributed by atoms with van der Waals surface area (Å²) < 4.78 is 13.0. The van der Waals surface area contributed by atoms with Gasteiger partial charge in [-0.25, -0.2) is 0 Å². The molecule has 27 heavy (non-hydrogen) atoms. The number of hydrogen-bond acceptors (Lipinski definition) is 1. The van der Waals surface area contributed by atoms with Crippen molar-refractivity contribution in [3.8, 4) is 11.1 Å². The third-order valence-electron chi connectivity index (χ3n) is 6.45. The van der Waals surface area contributed by atoms with Crippen molar-refractivity contribution in [3.05, 3.63) is 58.7 Å². The van der Waals surface area contributed by atoms with Crippen LogP contribution in [-0.2, 0) is 16.6 Å². The van der Waals surface area contributed by atoms with Gasteiger partial charge in [0.05, 0.1) is 13.1 Å². The number of aryl methyl sites for hydroxylation is 1. The highest BCUT2D eigenvalue weighted by Crippen LogP contribution is 2.49. The predicted octanol–water partition coefficient (Wildman–Crippen LogP) is 5.05. The summed E-state index contributed by atoms with van der Waals surface area (Å²) >= 11 is 0. The molecule has 1 aliphatic carbocycles. The fourth-order valence-corrected chi connectivity index (χ4v) is 4.90. The number of hydrogen-bond donors (Lipinski definition) is 0. The molecule has 1 amide bonds. The van der Waals surface area contributed by atoms with Gasteiger partial charge in [0.2, 0.25) is 5.91 Å². The number of halogens is 1. The molecule has 1 aliphatic heterocycles. The quantitative estimate of drug-likeness (QED) is 0.745. The van der Waals surface area contributed by atoms with Crippen molar-refractivity contribution in [3.63, 3.8) is 0 Å². The number of rotatable bonds is 3. The molecule has 2 aliphatic rings. The Balaban J connectivity index is 1.62. The number of fused-ring (bicyclic) bond motifs is 3. The first-order chi connectivity index (χ1) is 12.8. The van der Waals surface area contributed by atoms with E-state index in [1.54, 1.807) is 0 Å². The van der Waals surface area contributed by atoms with E-state index in [1.807, 2.05) is 11.8 Å². The van der Waals surface area contributed by atoms with E-state index in [2.05, 4.69) is 57.2 Å². The number of carbonyl (C=O) groups is 1. The first-order valence-electron chi connectivity index (χ1n) is 9.91. The van der Waals surface area contributed by atoms with Crippen molar-refractivity contribution in [2.24, 2.45) is 5.92 Å². The number of benzene rings is 2. The minimum atomic E-state index is -0.335. The fraction of sp³-hybridized carbons (Fsp3) is 0.458. The summed E-state index contributed by atoms with van der Waals surface area (Å²) in [6.07, 6.45) is 1.16. The molecule has 0 bridgehead atoms. The average Bonchev–Trinajstić information content (AvgIpc) is 3.11. The van der Waals surface area contributed by atoms with Crippen LogP contribution in [0.5, 0.6) is 0 Å². The van der Waals surface area contributed by atoms with Crippen LogP contribution in [0.2, 0.25) is 0 Å². The predicted molar refractivity (Wildman–Crippen MR) is 108 cm³/mol. The molecule has 0 radical (unpaired) electrons. The van der Waals surface area contributed by atoms with Crippen LogP contribution < -0.4 is 0 Å². The molecule has 2 unspecified atom stereocenters. The summed E-state index contributed by atoms with van der Waals surface area (Å²) in [5.41, 5.74) is 7.51. The third-order valence-corrected chi connectivity index (χ3v) is 6.45. The van der Waals surface area contributed by atoms with E-state index in [-0.39, 0.29) is 30.0 Å². The largest absolute Gasteiger partial charge is 0.339 e. The normalized spacial score (nSPS) is 22.6. The van der Waals surface area contributed by atoms with Crippen molar-refractivity contribution in [1.82, 2.24) is 4.90 Å². The van der Waals surface area contributed by atoms with Crippen LogP contribution in [0.3, 0.4) is 0 Å². The Morgan fingerprint density at radius 2 is 1.93 bits per heavy atom. The molecule has 0 spiro atoms. The van der Waals surface area contributed by atoms with Gasteiger partial charge in [-0.2, -0.15) is 0 Å². The Bertz CT molecular complexity index is 901. The van der Waals surface area contributed by atoms with E-state index in [0.717, 1.165) is 12.0 Å². The van der Waals surface area contributed by atoms with Crippen molar-refractivity contribution in [2.75, 3.05) is 13.2 Å². The van der Waals surface area contributed by atoms with E-state index >= 15 is 0 Å². The smallest absolute Gasteiger partial charge is 0.227 e. The minimum Gasteiger partial charge on any atom is -0.339 e. The molecule has 0 aromatic heterocycles. The molecule has 2 nitrogen and oxygen atoms in total. The van der Waals surface area contributed by atoms with E-state index in [1.165, 1.54) is 27.8 Å². The molecular formula is C24H28FNO. The number of carbonyl (C=O) groups excluding carboxylic acids is 1. The Kier molecular flexibility index (Phi) is 4.37. The minimum absolute atomic E-state index is 0.000105. The van der Waals surface area contributed by atoms with Gasteiger partial charge < -0.3 is 4.90 Å². The molecule has 0 N–H and O–H groups in total. The number of alkyl halides is 1. The maximum absolute atomic E-state index is 13.0. The van der Waals surface area contributed by atoms with Crippen LogP contribution in [0.15, 0.2) is 36.4 Å². The summed E-state index contributed by atoms with van der Waals surface area (Å²) in [5, 5.41) is 0. The molecule has 1 heterocycles. The van der Waals surface area contributed by atoms with E-state index in [4.69, 9.17) is 0 Å². The van der Waals surface area contributed by atoms with Gasteiger partial charge >= 0.3 is 0 Å². The average molecular weight is 365 g/mol. The Morgan fingerprint density at radius 1 is 1.15 bits per heavy atom. The molecule has 2 aromatic carbocycles. The van der Waals surface area contributed by atoms with Gasteiger partial charge in [0.1, 0.15) is 0 Å². The zero-order chi connectivity index (χ0) is 19.3. The lowest BCUT2D eigenvalue weighted by atomic mass is 9.82. The summed E-state index contributed by atoms with van der Waals surface area (Å²) in [7, 11) is 0.